The van der Waals surface area contributed by atoms with Crippen LogP contribution in [-0.4, -0.2) is 11.2 Å². The topological polar surface area (TPSA) is 14.2 Å². The lowest BCUT2D eigenvalue weighted by molar-refractivity contribution is 0.0850. The van der Waals surface area contributed by atoms with E-state index >= 15 is 0 Å². The maximum atomic E-state index is 5.67. The first-order chi connectivity index (χ1) is 8.48. The van der Waals surface area contributed by atoms with Crippen LogP contribution in [0.1, 0.15) is 37.6 Å². The number of rotatable bonds is 0. The molecule has 0 N–H and O–H groups in total. The Morgan fingerprint density at radius 3 is 2.72 bits per heavy atom. The molecule has 0 unspecified atom stereocenters. The Kier molecular flexibility index (Phi) is 2.53. The van der Waals surface area contributed by atoms with Crippen LogP contribution in [0, 0.1) is 6.92 Å². The molecule has 0 saturated carbocycles. The molecule has 18 heavy (non-hydrogen) atoms. The smallest absolute Gasteiger partial charge is 0.0872 e. The van der Waals surface area contributed by atoms with Crippen molar-refractivity contribution in [2.75, 3.05) is 6.61 Å². The summed E-state index contributed by atoms with van der Waals surface area (Å²) in [5, 5.41) is 1.40. The largest absolute Gasteiger partial charge is 0.373 e. The SMILES string of the molecule is Cc1ccc2c(C(C)(C)C)c3n(c2c1)CCOC3. The molecule has 0 bridgehead atoms. The molecule has 96 valence electrons. The highest BCUT2D eigenvalue weighted by Crippen LogP contribution is 2.37. The predicted molar refractivity (Wildman–Crippen MR) is 75.0 cm³/mol. The molecule has 3 rings (SSSR count). The maximum Gasteiger partial charge on any atom is 0.0872 e. The van der Waals surface area contributed by atoms with Gasteiger partial charge in [-0.25, -0.2) is 0 Å². The highest BCUT2D eigenvalue weighted by atomic mass is 16.5. The van der Waals surface area contributed by atoms with Crippen LogP contribution in [0.2, 0.25) is 0 Å². The Hall–Kier alpha value is -1.28. The molecule has 2 aromatic rings. The summed E-state index contributed by atoms with van der Waals surface area (Å²) in [6.45, 7) is 11.6. The molecule has 1 aromatic heterocycles. The van der Waals surface area contributed by atoms with Gasteiger partial charge in [0.05, 0.1) is 13.2 Å². The zero-order valence-corrected chi connectivity index (χ0v) is 11.7. The van der Waals surface area contributed by atoms with Gasteiger partial charge in [-0.15, -0.1) is 0 Å². The van der Waals surface area contributed by atoms with E-state index in [1.165, 1.54) is 27.7 Å². The van der Waals surface area contributed by atoms with Gasteiger partial charge in [-0.2, -0.15) is 0 Å². The molecule has 0 spiro atoms. The predicted octanol–water partition coefficient (Wildman–Crippen LogP) is 3.78. The van der Waals surface area contributed by atoms with E-state index in [1.54, 1.807) is 0 Å². The van der Waals surface area contributed by atoms with Gasteiger partial charge in [0.25, 0.3) is 0 Å². The minimum Gasteiger partial charge on any atom is -0.373 e. The van der Waals surface area contributed by atoms with Crippen molar-refractivity contribution in [1.82, 2.24) is 4.57 Å². The summed E-state index contributed by atoms with van der Waals surface area (Å²) >= 11 is 0. The molecule has 0 atom stereocenters. The fraction of sp³-hybridized carbons (Fsp3) is 0.500. The molecule has 2 heterocycles. The number of nitrogens with zero attached hydrogens (tertiary/aromatic N) is 1. The van der Waals surface area contributed by atoms with E-state index in [4.69, 9.17) is 4.74 Å². The van der Waals surface area contributed by atoms with Crippen molar-refractivity contribution in [3.05, 3.63) is 35.0 Å². The molecule has 0 amide bonds. The second kappa shape index (κ2) is 3.86. The molecule has 1 aliphatic heterocycles. The Bertz CT molecular complexity index is 602. The number of ether oxygens (including phenoxy) is 1. The number of hydrogen-bond donors (Lipinski definition) is 0. The van der Waals surface area contributed by atoms with Crippen molar-refractivity contribution in [2.45, 2.75) is 46.3 Å². The summed E-state index contributed by atoms with van der Waals surface area (Å²) in [5.41, 5.74) is 5.69. The van der Waals surface area contributed by atoms with Gasteiger partial charge in [0, 0.05) is 23.1 Å². The van der Waals surface area contributed by atoms with E-state index in [1.807, 2.05) is 0 Å². The van der Waals surface area contributed by atoms with Crippen molar-refractivity contribution < 1.29 is 4.74 Å². The van der Waals surface area contributed by atoms with E-state index in [9.17, 15) is 0 Å². The first-order valence-corrected chi connectivity index (χ1v) is 6.68. The lowest BCUT2D eigenvalue weighted by atomic mass is 9.84. The average molecular weight is 243 g/mol. The zero-order chi connectivity index (χ0) is 12.9. The third kappa shape index (κ3) is 1.67. The lowest BCUT2D eigenvalue weighted by Crippen LogP contribution is -2.20. The quantitative estimate of drug-likeness (QED) is 0.687. The molecule has 2 nitrogen and oxygen atoms in total. The highest BCUT2D eigenvalue weighted by Gasteiger charge is 2.27. The number of aromatic nitrogens is 1. The fourth-order valence-electron chi connectivity index (χ4n) is 3.08. The van der Waals surface area contributed by atoms with Gasteiger partial charge in [-0.3, -0.25) is 0 Å². The minimum atomic E-state index is 0.161. The van der Waals surface area contributed by atoms with E-state index in [-0.39, 0.29) is 5.41 Å². The van der Waals surface area contributed by atoms with E-state index in [0.29, 0.717) is 0 Å². The first-order valence-electron chi connectivity index (χ1n) is 6.68. The molecule has 0 aliphatic carbocycles. The number of fused-ring (bicyclic) bond motifs is 3. The number of hydrogen-bond acceptors (Lipinski definition) is 1. The molecular weight excluding hydrogens is 222 g/mol. The third-order valence-electron chi connectivity index (χ3n) is 3.78. The number of aryl methyl sites for hydroxylation is 1. The summed E-state index contributed by atoms with van der Waals surface area (Å²) < 4.78 is 8.12. The van der Waals surface area contributed by atoms with Crippen LogP contribution in [-0.2, 0) is 23.3 Å². The van der Waals surface area contributed by atoms with Crippen LogP contribution in [0.4, 0.5) is 0 Å². The molecule has 0 radical (unpaired) electrons. The van der Waals surface area contributed by atoms with Gasteiger partial charge in [-0.05, 0) is 29.5 Å². The highest BCUT2D eigenvalue weighted by molar-refractivity contribution is 5.87. The van der Waals surface area contributed by atoms with Crippen LogP contribution in [0.3, 0.4) is 0 Å². The van der Waals surface area contributed by atoms with Crippen molar-refractivity contribution in [3.8, 4) is 0 Å². The summed E-state index contributed by atoms with van der Waals surface area (Å²) in [5.74, 6) is 0. The Labute approximate surface area is 109 Å². The molecule has 2 heteroatoms. The van der Waals surface area contributed by atoms with Gasteiger partial charge in [0.1, 0.15) is 0 Å². The van der Waals surface area contributed by atoms with E-state index in [0.717, 1.165) is 19.8 Å². The summed E-state index contributed by atoms with van der Waals surface area (Å²) in [7, 11) is 0. The summed E-state index contributed by atoms with van der Waals surface area (Å²) in [4.78, 5) is 0. The van der Waals surface area contributed by atoms with E-state index in [2.05, 4.69) is 50.5 Å². The van der Waals surface area contributed by atoms with Gasteiger partial charge in [0.15, 0.2) is 0 Å². The molecule has 0 fully saturated rings. The normalized spacial score (nSPS) is 16.0. The van der Waals surface area contributed by atoms with Crippen molar-refractivity contribution >= 4 is 10.9 Å². The zero-order valence-electron chi connectivity index (χ0n) is 11.7. The van der Waals surface area contributed by atoms with Crippen LogP contribution in [0.15, 0.2) is 18.2 Å². The van der Waals surface area contributed by atoms with Gasteiger partial charge in [-0.1, -0.05) is 32.9 Å². The maximum absolute atomic E-state index is 5.67. The van der Waals surface area contributed by atoms with Crippen molar-refractivity contribution in [3.63, 3.8) is 0 Å². The van der Waals surface area contributed by atoms with E-state index < -0.39 is 0 Å². The molecule has 1 aromatic carbocycles. The van der Waals surface area contributed by atoms with Crippen LogP contribution >= 0.6 is 0 Å². The molecular formula is C16H21NO. The lowest BCUT2D eigenvalue weighted by Gasteiger charge is -2.24. The molecule has 0 saturated heterocycles. The molecule has 1 aliphatic rings. The first kappa shape index (κ1) is 11.8. The fourth-order valence-corrected chi connectivity index (χ4v) is 3.08. The van der Waals surface area contributed by atoms with Crippen molar-refractivity contribution in [2.24, 2.45) is 0 Å². The second-order valence-corrected chi connectivity index (χ2v) is 6.30. The monoisotopic (exact) mass is 243 g/mol. The second-order valence-electron chi connectivity index (χ2n) is 6.30. The Morgan fingerprint density at radius 1 is 1.22 bits per heavy atom. The van der Waals surface area contributed by atoms with Crippen molar-refractivity contribution in [1.29, 1.82) is 0 Å². The standard InChI is InChI=1S/C16H21NO/c1-11-5-6-12-13(9-11)17-7-8-18-10-14(17)15(12)16(2,3)4/h5-6,9H,7-8,10H2,1-4H3. The number of benzene rings is 1. The van der Waals surface area contributed by atoms with Crippen LogP contribution in [0.25, 0.3) is 10.9 Å². The van der Waals surface area contributed by atoms with Crippen LogP contribution < -0.4 is 0 Å². The van der Waals surface area contributed by atoms with Gasteiger partial charge >= 0.3 is 0 Å². The third-order valence-corrected chi connectivity index (χ3v) is 3.78. The van der Waals surface area contributed by atoms with Gasteiger partial charge < -0.3 is 9.30 Å². The Morgan fingerprint density at radius 2 is 2.00 bits per heavy atom. The average Bonchev–Trinajstić information content (AvgIpc) is 2.62. The minimum absolute atomic E-state index is 0.161. The van der Waals surface area contributed by atoms with Crippen LogP contribution in [0.5, 0.6) is 0 Å². The summed E-state index contributed by atoms with van der Waals surface area (Å²) in [6.07, 6.45) is 0. The van der Waals surface area contributed by atoms with Gasteiger partial charge in [0.2, 0.25) is 0 Å². The Balaban J connectivity index is 2.40. The summed E-state index contributed by atoms with van der Waals surface area (Å²) in [6, 6.07) is 6.79.